The second kappa shape index (κ2) is 2.98. The third-order valence-electron chi connectivity index (χ3n) is 2.23. The summed E-state index contributed by atoms with van der Waals surface area (Å²) in [6.45, 7) is 7.12. The minimum atomic E-state index is -2.70. The number of hydrogen-bond acceptors (Lipinski definition) is 3. The van der Waals surface area contributed by atoms with Crippen LogP contribution in [0.3, 0.4) is 0 Å². The van der Waals surface area contributed by atoms with Crippen molar-refractivity contribution in [2.24, 2.45) is 5.41 Å². The van der Waals surface area contributed by atoms with Crippen molar-refractivity contribution in [2.45, 2.75) is 20.3 Å². The fourth-order valence-electron chi connectivity index (χ4n) is 0.904. The first-order valence-electron chi connectivity index (χ1n) is 3.98. The molecule has 0 unspecified atom stereocenters. The average molecular weight is 180 g/mol. The summed E-state index contributed by atoms with van der Waals surface area (Å²) >= 11 is 0. The summed E-state index contributed by atoms with van der Waals surface area (Å²) in [5, 5.41) is 0. The normalized spacial score (nSPS) is 40.0. The van der Waals surface area contributed by atoms with E-state index in [0.717, 1.165) is 6.42 Å². The van der Waals surface area contributed by atoms with E-state index in [-0.39, 0.29) is 5.41 Å². The fraction of sp³-hybridized carbons (Fsp3) is 1.00. The van der Waals surface area contributed by atoms with E-state index in [2.05, 4.69) is 13.8 Å². The van der Waals surface area contributed by atoms with Crippen molar-refractivity contribution in [2.75, 3.05) is 19.9 Å². The van der Waals surface area contributed by atoms with Gasteiger partial charge in [-0.15, -0.1) is 0 Å². The molecule has 0 aromatic heterocycles. The van der Waals surface area contributed by atoms with E-state index in [1.165, 1.54) is 0 Å². The molecule has 0 amide bonds. The van der Waals surface area contributed by atoms with Gasteiger partial charge in [0.2, 0.25) is 0 Å². The zero-order valence-electron chi connectivity index (χ0n) is 7.39. The van der Waals surface area contributed by atoms with E-state index < -0.39 is 7.94 Å². The molecule has 1 aliphatic heterocycles. The molecule has 11 heavy (non-hydrogen) atoms. The van der Waals surface area contributed by atoms with Crippen LogP contribution in [0.5, 0.6) is 0 Å². The Hall–Kier alpha value is 0.310. The second-order valence-electron chi connectivity index (χ2n) is 3.64. The first kappa shape index (κ1) is 9.40. The topological polar surface area (TPSA) is 38.7 Å². The molecule has 0 aromatic rings. The summed E-state index contributed by atoms with van der Waals surface area (Å²) in [7, 11) is -2.70. The van der Waals surface area contributed by atoms with Gasteiger partial charge in [-0.05, 0) is 0 Å². The van der Waals surface area contributed by atoms with Crippen LogP contribution >= 0.6 is 7.94 Å². The Morgan fingerprint density at radius 1 is 1.45 bits per heavy atom. The maximum atomic E-state index is 9.40. The Balaban J connectivity index is 2.48. The van der Waals surface area contributed by atoms with E-state index in [9.17, 15) is 4.89 Å². The van der Waals surface area contributed by atoms with Crippen molar-refractivity contribution in [3.05, 3.63) is 0 Å². The molecule has 1 N–H and O–H groups in total. The van der Waals surface area contributed by atoms with Gasteiger partial charge in [-0.25, -0.2) is 0 Å². The molecule has 0 bridgehead atoms. The molecule has 1 aliphatic rings. The van der Waals surface area contributed by atoms with Gasteiger partial charge in [-0.3, -0.25) is 0 Å². The second-order valence-corrected chi connectivity index (χ2v) is 6.01. The molecule has 0 spiro atoms. The molecule has 0 saturated carbocycles. The van der Waals surface area contributed by atoms with Crippen LogP contribution in [0.25, 0.3) is 0 Å². The van der Waals surface area contributed by atoms with Crippen LogP contribution in [0.2, 0.25) is 0 Å². The summed E-state index contributed by atoms with van der Waals surface area (Å²) in [6.07, 6.45) is 1.03. The Morgan fingerprint density at radius 2 is 1.91 bits per heavy atom. The van der Waals surface area contributed by atoms with Crippen LogP contribution in [0.1, 0.15) is 20.3 Å². The maximum absolute atomic E-state index is 9.40. The predicted molar refractivity (Wildman–Crippen MR) is 46.8 cm³/mol. The average Bonchev–Trinajstić information content (AvgIpc) is 1.97. The molecule has 1 fully saturated rings. The molecular formula is C7H17O3P. The van der Waals surface area contributed by atoms with Gasteiger partial charge >= 0.3 is 67.4 Å². The molecule has 1 saturated heterocycles. The zero-order chi connectivity index (χ0) is 8.54. The Bertz CT molecular complexity index is 137. The molecule has 0 aromatic carbocycles. The van der Waals surface area contributed by atoms with Gasteiger partial charge in [0.25, 0.3) is 0 Å². The fourth-order valence-corrected chi connectivity index (χ4v) is 2.22. The summed E-state index contributed by atoms with van der Waals surface area (Å²) in [5.41, 5.74) is 0.106. The standard InChI is InChI=1S/C7H17O3P/c1-4-7(2)5-9-11(3,8)10-6-7/h8,11H,4-6H2,1-3H3. The Morgan fingerprint density at radius 3 is 2.27 bits per heavy atom. The van der Waals surface area contributed by atoms with Crippen molar-refractivity contribution in [1.82, 2.24) is 0 Å². The third-order valence-corrected chi connectivity index (χ3v) is 3.59. The SMILES string of the molecule is CCC1(C)CO[PH](C)(O)OC1. The Labute approximate surface area is 68.3 Å². The first-order valence-corrected chi connectivity index (χ1v) is 6.24. The van der Waals surface area contributed by atoms with Crippen LogP contribution in [-0.2, 0) is 9.05 Å². The van der Waals surface area contributed by atoms with Crippen molar-refractivity contribution in [3.63, 3.8) is 0 Å². The van der Waals surface area contributed by atoms with Gasteiger partial charge in [0.05, 0.1) is 0 Å². The first-order chi connectivity index (χ1) is 4.97. The molecule has 68 valence electrons. The monoisotopic (exact) mass is 180 g/mol. The molecule has 4 heteroatoms. The molecule has 0 aliphatic carbocycles. The van der Waals surface area contributed by atoms with E-state index in [1.807, 2.05) is 0 Å². The van der Waals surface area contributed by atoms with Gasteiger partial charge in [0, 0.05) is 0 Å². The van der Waals surface area contributed by atoms with Crippen molar-refractivity contribution < 1.29 is 13.9 Å². The molecular weight excluding hydrogens is 163 g/mol. The van der Waals surface area contributed by atoms with E-state index >= 15 is 0 Å². The molecule has 1 heterocycles. The van der Waals surface area contributed by atoms with Crippen LogP contribution in [-0.4, -0.2) is 24.8 Å². The zero-order valence-corrected chi connectivity index (χ0v) is 8.39. The van der Waals surface area contributed by atoms with Gasteiger partial charge in [0.15, 0.2) is 0 Å². The summed E-state index contributed by atoms with van der Waals surface area (Å²) < 4.78 is 10.5. The predicted octanol–water partition coefficient (Wildman–Crippen LogP) is 1.57. The van der Waals surface area contributed by atoms with E-state index in [4.69, 9.17) is 9.05 Å². The van der Waals surface area contributed by atoms with E-state index in [1.54, 1.807) is 6.66 Å². The van der Waals surface area contributed by atoms with Crippen molar-refractivity contribution in [3.8, 4) is 0 Å². The molecule has 3 nitrogen and oxygen atoms in total. The summed E-state index contributed by atoms with van der Waals surface area (Å²) in [5.74, 6) is 0. The quantitative estimate of drug-likeness (QED) is 0.622. The van der Waals surface area contributed by atoms with Crippen LogP contribution in [0.4, 0.5) is 0 Å². The Kier molecular flexibility index (Phi) is 2.55. The number of hydrogen-bond donors (Lipinski definition) is 1. The van der Waals surface area contributed by atoms with Gasteiger partial charge in [-0.2, -0.15) is 0 Å². The van der Waals surface area contributed by atoms with Crippen LogP contribution < -0.4 is 0 Å². The van der Waals surface area contributed by atoms with Gasteiger partial charge in [-0.1, -0.05) is 0 Å². The van der Waals surface area contributed by atoms with Crippen molar-refractivity contribution >= 4 is 7.94 Å². The van der Waals surface area contributed by atoms with Crippen LogP contribution in [0, 0.1) is 5.41 Å². The molecule has 1 rings (SSSR count). The molecule has 0 atom stereocenters. The van der Waals surface area contributed by atoms with Gasteiger partial charge in [0.1, 0.15) is 0 Å². The molecule has 0 radical (unpaired) electrons. The minimum absolute atomic E-state index is 0.106. The number of rotatable bonds is 1. The van der Waals surface area contributed by atoms with Crippen LogP contribution in [0.15, 0.2) is 0 Å². The van der Waals surface area contributed by atoms with Gasteiger partial charge < -0.3 is 0 Å². The summed E-state index contributed by atoms with van der Waals surface area (Å²) in [4.78, 5) is 9.40. The van der Waals surface area contributed by atoms with Crippen molar-refractivity contribution in [1.29, 1.82) is 0 Å². The summed E-state index contributed by atoms with van der Waals surface area (Å²) in [6, 6.07) is 0. The van der Waals surface area contributed by atoms with E-state index in [0.29, 0.717) is 13.2 Å². The third kappa shape index (κ3) is 2.38.